The predicted octanol–water partition coefficient (Wildman–Crippen LogP) is 3.80. The Morgan fingerprint density at radius 1 is 1.26 bits per heavy atom. The Hall–Kier alpha value is -1.30. The Morgan fingerprint density at radius 2 is 1.84 bits per heavy atom. The summed E-state index contributed by atoms with van der Waals surface area (Å²) in [5, 5.41) is 3.08. The lowest BCUT2D eigenvalue weighted by Gasteiger charge is -2.20. The number of halogens is 3. The highest BCUT2D eigenvalue weighted by molar-refractivity contribution is 7.80. The van der Waals surface area contributed by atoms with E-state index in [9.17, 15) is 13.2 Å². The van der Waals surface area contributed by atoms with Crippen LogP contribution >= 0.6 is 12.2 Å². The zero-order chi connectivity index (χ0) is 14.8. The van der Waals surface area contributed by atoms with Crippen molar-refractivity contribution in [2.75, 3.05) is 11.9 Å². The van der Waals surface area contributed by atoms with E-state index in [1.54, 1.807) is 0 Å². The van der Waals surface area contributed by atoms with Gasteiger partial charge in [-0.3, -0.25) is 0 Å². The SMILES string of the molecule is CC(C)(C)CNc1ccc(C(F)(F)F)c(C(N)=S)c1. The summed E-state index contributed by atoms with van der Waals surface area (Å²) in [5.74, 6) is 0. The van der Waals surface area contributed by atoms with E-state index in [1.807, 2.05) is 20.8 Å². The maximum atomic E-state index is 12.8. The van der Waals surface area contributed by atoms with E-state index >= 15 is 0 Å². The lowest BCUT2D eigenvalue weighted by Crippen LogP contribution is -2.21. The Labute approximate surface area is 116 Å². The fourth-order valence-electron chi connectivity index (χ4n) is 1.47. The molecule has 0 aliphatic heterocycles. The van der Waals surface area contributed by atoms with Gasteiger partial charge in [-0.05, 0) is 23.6 Å². The van der Waals surface area contributed by atoms with Crippen molar-refractivity contribution >= 4 is 22.9 Å². The van der Waals surface area contributed by atoms with E-state index in [-0.39, 0.29) is 16.0 Å². The molecule has 106 valence electrons. The molecule has 6 heteroatoms. The van der Waals surface area contributed by atoms with Crippen LogP contribution in [0.3, 0.4) is 0 Å². The van der Waals surface area contributed by atoms with Gasteiger partial charge in [-0.1, -0.05) is 33.0 Å². The molecule has 0 aliphatic carbocycles. The summed E-state index contributed by atoms with van der Waals surface area (Å²) < 4.78 is 38.3. The Bertz CT molecular complexity index is 476. The molecule has 0 saturated heterocycles. The molecule has 1 aromatic rings. The van der Waals surface area contributed by atoms with Gasteiger partial charge in [0.25, 0.3) is 0 Å². The van der Waals surface area contributed by atoms with Crippen LogP contribution in [-0.2, 0) is 6.18 Å². The third kappa shape index (κ3) is 4.70. The third-order valence-electron chi connectivity index (χ3n) is 2.41. The van der Waals surface area contributed by atoms with Crippen molar-refractivity contribution in [2.45, 2.75) is 26.9 Å². The van der Waals surface area contributed by atoms with E-state index in [4.69, 9.17) is 5.73 Å². The highest BCUT2D eigenvalue weighted by atomic mass is 32.1. The molecule has 0 amide bonds. The summed E-state index contributed by atoms with van der Waals surface area (Å²) in [4.78, 5) is -0.258. The topological polar surface area (TPSA) is 38.0 Å². The summed E-state index contributed by atoms with van der Waals surface area (Å²) >= 11 is 4.69. The number of alkyl halides is 3. The summed E-state index contributed by atoms with van der Waals surface area (Å²) in [5.41, 5.74) is 5.00. The van der Waals surface area contributed by atoms with Crippen molar-refractivity contribution in [3.05, 3.63) is 29.3 Å². The first-order valence-electron chi connectivity index (χ1n) is 5.75. The summed E-state index contributed by atoms with van der Waals surface area (Å²) in [6, 6.07) is 3.73. The minimum absolute atomic E-state index is 0.0199. The van der Waals surface area contributed by atoms with Gasteiger partial charge in [0.15, 0.2) is 0 Å². The molecule has 0 atom stereocenters. The number of nitrogens with one attached hydrogen (secondary N) is 1. The summed E-state index contributed by atoms with van der Waals surface area (Å²) in [6.07, 6.45) is -4.46. The first kappa shape index (κ1) is 15.8. The van der Waals surface area contributed by atoms with Crippen molar-refractivity contribution in [2.24, 2.45) is 11.1 Å². The molecule has 0 saturated carbocycles. The van der Waals surface area contributed by atoms with Crippen LogP contribution in [0.15, 0.2) is 18.2 Å². The van der Waals surface area contributed by atoms with Crippen LogP contribution in [0.5, 0.6) is 0 Å². The second-order valence-electron chi connectivity index (χ2n) is 5.54. The summed E-state index contributed by atoms with van der Waals surface area (Å²) in [7, 11) is 0. The van der Waals surface area contributed by atoms with Gasteiger partial charge in [0.1, 0.15) is 4.99 Å². The number of hydrogen-bond donors (Lipinski definition) is 2. The van der Waals surface area contributed by atoms with Crippen molar-refractivity contribution in [1.29, 1.82) is 0 Å². The van der Waals surface area contributed by atoms with Crippen LogP contribution in [0.4, 0.5) is 18.9 Å². The third-order valence-corrected chi connectivity index (χ3v) is 2.63. The monoisotopic (exact) mass is 290 g/mol. The van der Waals surface area contributed by atoms with Crippen molar-refractivity contribution in [3.63, 3.8) is 0 Å². The Morgan fingerprint density at radius 3 is 2.26 bits per heavy atom. The molecule has 0 aromatic heterocycles. The van der Waals surface area contributed by atoms with E-state index in [2.05, 4.69) is 17.5 Å². The first-order valence-corrected chi connectivity index (χ1v) is 6.16. The molecule has 19 heavy (non-hydrogen) atoms. The highest BCUT2D eigenvalue weighted by Crippen LogP contribution is 2.33. The van der Waals surface area contributed by atoms with Gasteiger partial charge < -0.3 is 11.1 Å². The van der Waals surface area contributed by atoms with Crippen LogP contribution in [-0.4, -0.2) is 11.5 Å². The molecular weight excluding hydrogens is 273 g/mol. The molecular formula is C13H17F3N2S. The molecule has 0 aliphatic rings. The van der Waals surface area contributed by atoms with Gasteiger partial charge in [0.2, 0.25) is 0 Å². The van der Waals surface area contributed by atoms with Gasteiger partial charge >= 0.3 is 6.18 Å². The van der Waals surface area contributed by atoms with Gasteiger partial charge in [0, 0.05) is 17.8 Å². The van der Waals surface area contributed by atoms with Crippen LogP contribution in [0.2, 0.25) is 0 Å². The van der Waals surface area contributed by atoms with Crippen molar-refractivity contribution in [3.8, 4) is 0 Å². The number of hydrogen-bond acceptors (Lipinski definition) is 2. The minimum Gasteiger partial charge on any atom is -0.389 e. The van der Waals surface area contributed by atoms with Gasteiger partial charge in [-0.15, -0.1) is 0 Å². The maximum absolute atomic E-state index is 12.8. The predicted molar refractivity (Wildman–Crippen MR) is 75.3 cm³/mol. The largest absolute Gasteiger partial charge is 0.417 e. The van der Waals surface area contributed by atoms with E-state index < -0.39 is 11.7 Å². The number of thiocarbonyl (C=S) groups is 1. The number of nitrogens with two attached hydrogens (primary N) is 1. The number of rotatable bonds is 3. The maximum Gasteiger partial charge on any atom is 0.417 e. The Balaban J connectivity index is 3.07. The zero-order valence-electron chi connectivity index (χ0n) is 11.1. The standard InChI is InChI=1S/C13H17F3N2S/c1-12(2,3)7-18-8-4-5-10(13(14,15)16)9(6-8)11(17)19/h4-6,18H,7H2,1-3H3,(H2,17,19). The molecule has 0 spiro atoms. The average Bonchev–Trinajstić information content (AvgIpc) is 2.23. The normalized spacial score (nSPS) is 12.3. The van der Waals surface area contributed by atoms with Crippen LogP contribution in [0, 0.1) is 5.41 Å². The molecule has 1 rings (SSSR count). The lowest BCUT2D eigenvalue weighted by atomic mass is 9.96. The van der Waals surface area contributed by atoms with Crippen LogP contribution < -0.4 is 11.1 Å². The molecule has 0 fully saturated rings. The molecule has 1 aromatic carbocycles. The minimum atomic E-state index is -4.46. The van der Waals surface area contributed by atoms with E-state index in [1.165, 1.54) is 12.1 Å². The average molecular weight is 290 g/mol. The van der Waals surface area contributed by atoms with E-state index in [0.29, 0.717) is 12.2 Å². The first-order chi connectivity index (χ1) is 8.50. The molecule has 2 nitrogen and oxygen atoms in total. The van der Waals surface area contributed by atoms with E-state index in [0.717, 1.165) is 6.07 Å². The number of benzene rings is 1. The van der Waals surface area contributed by atoms with Crippen molar-refractivity contribution in [1.82, 2.24) is 0 Å². The van der Waals surface area contributed by atoms with Gasteiger partial charge in [-0.2, -0.15) is 13.2 Å². The quantitative estimate of drug-likeness (QED) is 0.832. The summed E-state index contributed by atoms with van der Waals surface area (Å²) in [6.45, 7) is 6.71. The van der Waals surface area contributed by atoms with Crippen LogP contribution in [0.25, 0.3) is 0 Å². The fourth-order valence-corrected chi connectivity index (χ4v) is 1.64. The Kier molecular flexibility index (Phi) is 4.45. The molecule has 0 unspecified atom stereocenters. The molecule has 0 heterocycles. The lowest BCUT2D eigenvalue weighted by molar-refractivity contribution is -0.137. The second kappa shape index (κ2) is 5.36. The highest BCUT2D eigenvalue weighted by Gasteiger charge is 2.34. The zero-order valence-corrected chi connectivity index (χ0v) is 11.9. The van der Waals surface area contributed by atoms with Crippen molar-refractivity contribution < 1.29 is 13.2 Å². The van der Waals surface area contributed by atoms with Crippen LogP contribution in [0.1, 0.15) is 31.9 Å². The smallest absolute Gasteiger partial charge is 0.389 e. The second-order valence-corrected chi connectivity index (χ2v) is 5.98. The fraction of sp³-hybridized carbons (Fsp3) is 0.462. The molecule has 0 radical (unpaired) electrons. The number of anilines is 1. The van der Waals surface area contributed by atoms with Gasteiger partial charge in [0.05, 0.1) is 5.56 Å². The van der Waals surface area contributed by atoms with Gasteiger partial charge in [-0.25, -0.2) is 0 Å². The molecule has 3 N–H and O–H groups in total. The molecule has 0 bridgehead atoms.